The first kappa shape index (κ1) is 21.0. The molecule has 2 atom stereocenters. The van der Waals surface area contributed by atoms with E-state index in [1.54, 1.807) is 26.8 Å². The number of carboxylic acid groups (broad SMARTS) is 1. The number of aryl methyl sites for hydroxylation is 2. The molecule has 1 aromatic heterocycles. The monoisotopic (exact) mass is 390 g/mol. The largest absolute Gasteiger partial charge is 0.479 e. The maximum atomic E-state index is 12.9. The molecular weight excluding hydrogens is 365 g/mol. The van der Waals surface area contributed by atoms with Crippen LogP contribution < -0.4 is 0 Å². The summed E-state index contributed by atoms with van der Waals surface area (Å²) in [5.74, 6) is -2.41. The number of carboxylic acids is 1. The summed E-state index contributed by atoms with van der Waals surface area (Å²) in [5.41, 5.74) is 1.47. The lowest BCUT2D eigenvalue weighted by Crippen LogP contribution is -2.28. The van der Waals surface area contributed by atoms with Gasteiger partial charge in [-0.15, -0.1) is 11.3 Å². The van der Waals surface area contributed by atoms with Crippen molar-refractivity contribution in [1.82, 2.24) is 0 Å². The number of rotatable bonds is 4. The molecule has 26 heavy (non-hydrogen) atoms. The van der Waals surface area contributed by atoms with E-state index < -0.39 is 29.8 Å². The van der Waals surface area contributed by atoms with Gasteiger partial charge in [-0.2, -0.15) is 13.2 Å². The first-order valence-electron chi connectivity index (χ1n) is 8.58. The predicted molar refractivity (Wildman–Crippen MR) is 96.4 cm³/mol. The number of alkyl halides is 3. The predicted octanol–water partition coefficient (Wildman–Crippen LogP) is 6.05. The van der Waals surface area contributed by atoms with Crippen LogP contribution in [0.5, 0.6) is 0 Å². The molecule has 0 amide bonds. The Kier molecular flexibility index (Phi) is 5.93. The Morgan fingerprint density at radius 3 is 2.31 bits per heavy atom. The lowest BCUT2D eigenvalue weighted by atomic mass is 9.84. The summed E-state index contributed by atoms with van der Waals surface area (Å²) in [6, 6.07) is 0. The van der Waals surface area contributed by atoms with Crippen molar-refractivity contribution in [3.8, 4) is 0 Å². The van der Waals surface area contributed by atoms with Crippen LogP contribution in [0.3, 0.4) is 0 Å². The van der Waals surface area contributed by atoms with Gasteiger partial charge in [0.15, 0.2) is 6.10 Å². The van der Waals surface area contributed by atoms with Crippen molar-refractivity contribution in [2.45, 2.75) is 71.8 Å². The molecule has 0 aromatic carbocycles. The van der Waals surface area contributed by atoms with Crippen LogP contribution in [0.15, 0.2) is 6.08 Å². The Labute approximate surface area is 155 Å². The molecule has 0 radical (unpaired) electrons. The fourth-order valence-corrected chi connectivity index (χ4v) is 4.48. The van der Waals surface area contributed by atoms with Crippen molar-refractivity contribution < 1.29 is 27.8 Å². The number of hydrogen-bond donors (Lipinski definition) is 1. The van der Waals surface area contributed by atoms with Crippen LogP contribution in [0, 0.1) is 19.8 Å². The number of thiophene rings is 1. The van der Waals surface area contributed by atoms with Crippen LogP contribution in [0.2, 0.25) is 0 Å². The second kappa shape index (κ2) is 7.35. The van der Waals surface area contributed by atoms with Crippen LogP contribution in [0.25, 0.3) is 5.57 Å². The second-order valence-electron chi connectivity index (χ2n) is 7.69. The van der Waals surface area contributed by atoms with E-state index in [4.69, 9.17) is 4.74 Å². The highest BCUT2D eigenvalue weighted by Gasteiger charge is 2.40. The molecule has 1 N–H and O–H groups in total. The van der Waals surface area contributed by atoms with Gasteiger partial charge in [0.25, 0.3) is 0 Å². The minimum absolute atomic E-state index is 0.0287. The third-order valence-corrected chi connectivity index (χ3v) is 5.50. The summed E-state index contributed by atoms with van der Waals surface area (Å²) >= 11 is 1.46. The molecule has 7 heteroatoms. The molecular formula is C19H25F3O3S. The fraction of sp³-hybridized carbons (Fsp3) is 0.632. The number of ether oxygens (including phenoxy) is 1. The zero-order chi connectivity index (χ0) is 19.9. The summed E-state index contributed by atoms with van der Waals surface area (Å²) in [7, 11) is 0. The average Bonchev–Trinajstić information content (AvgIpc) is 2.77. The molecule has 1 aliphatic carbocycles. The van der Waals surface area contributed by atoms with E-state index in [0.717, 1.165) is 20.9 Å². The summed E-state index contributed by atoms with van der Waals surface area (Å²) < 4.78 is 44.6. The number of aliphatic carboxylic acids is 1. The van der Waals surface area contributed by atoms with E-state index >= 15 is 0 Å². The van der Waals surface area contributed by atoms with E-state index in [-0.39, 0.29) is 19.3 Å². The maximum Gasteiger partial charge on any atom is 0.392 e. The lowest BCUT2D eigenvalue weighted by Gasteiger charge is -2.28. The van der Waals surface area contributed by atoms with Crippen molar-refractivity contribution >= 4 is 22.9 Å². The topological polar surface area (TPSA) is 46.5 Å². The van der Waals surface area contributed by atoms with Gasteiger partial charge in [0.2, 0.25) is 0 Å². The minimum Gasteiger partial charge on any atom is -0.479 e. The third-order valence-electron chi connectivity index (χ3n) is 4.46. The van der Waals surface area contributed by atoms with Crippen LogP contribution in [0.1, 0.15) is 67.0 Å². The highest BCUT2D eigenvalue weighted by molar-refractivity contribution is 7.12. The Morgan fingerprint density at radius 2 is 1.88 bits per heavy atom. The van der Waals surface area contributed by atoms with Crippen molar-refractivity contribution in [2.24, 2.45) is 5.92 Å². The van der Waals surface area contributed by atoms with Gasteiger partial charge in [0.1, 0.15) is 0 Å². The van der Waals surface area contributed by atoms with E-state index in [2.05, 4.69) is 0 Å². The summed E-state index contributed by atoms with van der Waals surface area (Å²) in [5, 5.41) is 9.71. The summed E-state index contributed by atoms with van der Waals surface area (Å²) in [4.78, 5) is 13.6. The van der Waals surface area contributed by atoms with Gasteiger partial charge >= 0.3 is 12.1 Å². The van der Waals surface area contributed by atoms with Crippen LogP contribution in [-0.2, 0) is 9.53 Å². The lowest BCUT2D eigenvalue weighted by molar-refractivity contribution is -0.175. The van der Waals surface area contributed by atoms with E-state index in [9.17, 15) is 23.1 Å². The standard InChI is InChI=1S/C19H25F3O3S/c1-10-14(12-6-8-13(9-7-12)19(20,21)22)15(11(2)26-10)16(17(23)24)25-18(3,4)5/h6,13,16H,7-9H2,1-5H3,(H,23,24). The quantitative estimate of drug-likeness (QED) is 0.680. The smallest absolute Gasteiger partial charge is 0.392 e. The molecule has 1 heterocycles. The number of carbonyl (C=O) groups is 1. The van der Waals surface area contributed by atoms with Crippen LogP contribution in [0.4, 0.5) is 13.2 Å². The van der Waals surface area contributed by atoms with Crippen LogP contribution >= 0.6 is 11.3 Å². The molecule has 146 valence electrons. The van der Waals surface area contributed by atoms with E-state index in [0.29, 0.717) is 5.56 Å². The number of allylic oxidation sites excluding steroid dienone is 2. The molecule has 0 fully saturated rings. The molecule has 2 unspecified atom stereocenters. The summed E-state index contributed by atoms with van der Waals surface area (Å²) in [6.07, 6.45) is -3.46. The summed E-state index contributed by atoms with van der Waals surface area (Å²) in [6.45, 7) is 9.06. The van der Waals surface area contributed by atoms with Gasteiger partial charge in [-0.3, -0.25) is 0 Å². The van der Waals surface area contributed by atoms with Crippen molar-refractivity contribution in [2.75, 3.05) is 0 Å². The van der Waals surface area contributed by atoms with Gasteiger partial charge in [-0.25, -0.2) is 4.79 Å². The first-order chi connectivity index (χ1) is 11.8. The molecule has 0 spiro atoms. The highest BCUT2D eigenvalue weighted by atomic mass is 32.1. The van der Waals surface area contributed by atoms with Gasteiger partial charge < -0.3 is 9.84 Å². The molecule has 0 saturated carbocycles. The number of halogens is 3. The van der Waals surface area contributed by atoms with Crippen molar-refractivity contribution in [3.63, 3.8) is 0 Å². The Morgan fingerprint density at radius 1 is 1.27 bits per heavy atom. The highest BCUT2D eigenvalue weighted by Crippen LogP contribution is 2.45. The Hall–Kier alpha value is -1.34. The van der Waals surface area contributed by atoms with Crippen molar-refractivity contribution in [1.29, 1.82) is 0 Å². The van der Waals surface area contributed by atoms with E-state index in [1.807, 2.05) is 13.8 Å². The molecule has 2 rings (SSSR count). The zero-order valence-corrected chi connectivity index (χ0v) is 16.5. The Bertz CT molecular complexity index is 711. The first-order valence-corrected chi connectivity index (χ1v) is 9.39. The fourth-order valence-electron chi connectivity index (χ4n) is 3.36. The molecule has 0 saturated heterocycles. The number of hydrogen-bond acceptors (Lipinski definition) is 3. The average molecular weight is 390 g/mol. The molecule has 1 aliphatic rings. The third kappa shape index (κ3) is 4.68. The normalized spacial score (nSPS) is 20.0. The van der Waals surface area contributed by atoms with Crippen LogP contribution in [-0.4, -0.2) is 22.9 Å². The zero-order valence-electron chi connectivity index (χ0n) is 15.7. The van der Waals surface area contributed by atoms with Gasteiger partial charge in [0.05, 0.1) is 11.5 Å². The van der Waals surface area contributed by atoms with Gasteiger partial charge in [-0.1, -0.05) is 6.08 Å². The SMILES string of the molecule is Cc1sc(C)c(C(OC(C)(C)C)C(=O)O)c1C1=CCC(C(F)(F)F)CC1. The molecule has 0 bridgehead atoms. The van der Waals surface area contributed by atoms with E-state index in [1.165, 1.54) is 11.3 Å². The molecule has 0 aliphatic heterocycles. The van der Waals surface area contributed by atoms with Crippen molar-refractivity contribution in [3.05, 3.63) is 27.0 Å². The molecule has 3 nitrogen and oxygen atoms in total. The van der Waals surface area contributed by atoms with Gasteiger partial charge in [0, 0.05) is 15.3 Å². The van der Waals surface area contributed by atoms with Gasteiger partial charge in [-0.05, 0) is 65.0 Å². The molecule has 1 aromatic rings. The minimum atomic E-state index is -4.19. The Balaban J connectivity index is 2.45. The maximum absolute atomic E-state index is 12.9. The second-order valence-corrected chi connectivity index (χ2v) is 9.12.